The number of para-hydroxylation sites is 4. The van der Waals surface area contributed by atoms with Crippen LogP contribution < -0.4 is 15.6 Å². The maximum absolute atomic E-state index is 13.3. The Morgan fingerprint density at radius 2 is 1.61 bits per heavy atom. The molecule has 2 heterocycles. The third kappa shape index (κ3) is 4.29. The van der Waals surface area contributed by atoms with Gasteiger partial charge < -0.3 is 14.6 Å². The lowest BCUT2D eigenvalue weighted by Crippen LogP contribution is -2.26. The van der Waals surface area contributed by atoms with E-state index in [1.165, 1.54) is 0 Å². The number of aromatic nitrogens is 4. The number of hydrogen-bond donors (Lipinski definition) is 1. The van der Waals surface area contributed by atoms with E-state index in [1.54, 1.807) is 16.4 Å². The zero-order chi connectivity index (χ0) is 25.2. The molecule has 0 aliphatic heterocycles. The van der Waals surface area contributed by atoms with E-state index < -0.39 is 6.10 Å². The molecule has 0 saturated carbocycles. The fourth-order valence-electron chi connectivity index (χ4n) is 4.36. The van der Waals surface area contributed by atoms with Gasteiger partial charge >= 0.3 is 0 Å². The summed E-state index contributed by atoms with van der Waals surface area (Å²) in [4.78, 5) is 31.2. The Hall–Kier alpha value is -4.59. The number of benzene rings is 3. The van der Waals surface area contributed by atoms with Crippen LogP contribution in [0, 0.1) is 6.92 Å². The molecule has 1 N–H and O–H groups in total. The van der Waals surface area contributed by atoms with Crippen LogP contribution in [0.5, 0.6) is 5.75 Å². The number of nitrogens with zero attached hydrogens (tertiary/aromatic N) is 4. The maximum Gasteiger partial charge on any atom is 0.295 e. The predicted octanol–water partition coefficient (Wildman–Crippen LogP) is 4.61. The molecule has 1 amide bonds. The number of hydrogen-bond acceptors (Lipinski definition) is 4. The van der Waals surface area contributed by atoms with Gasteiger partial charge in [-0.1, -0.05) is 48.5 Å². The molecule has 36 heavy (non-hydrogen) atoms. The van der Waals surface area contributed by atoms with Crippen LogP contribution in [-0.2, 0) is 18.4 Å². The molecule has 5 aromatic rings. The van der Waals surface area contributed by atoms with Crippen molar-refractivity contribution in [1.82, 2.24) is 18.9 Å². The Labute approximate surface area is 208 Å². The number of carbonyl (C=O) groups is 1. The highest BCUT2D eigenvalue weighted by Gasteiger charge is 2.22. The van der Waals surface area contributed by atoms with Crippen molar-refractivity contribution in [2.24, 2.45) is 7.05 Å². The Balaban J connectivity index is 1.45. The third-order valence-electron chi connectivity index (χ3n) is 6.22. The van der Waals surface area contributed by atoms with E-state index in [-0.39, 0.29) is 23.7 Å². The average Bonchev–Trinajstić information content (AvgIpc) is 3.35. The lowest BCUT2D eigenvalue weighted by molar-refractivity contribution is -0.116. The first-order valence-corrected chi connectivity index (χ1v) is 11.7. The van der Waals surface area contributed by atoms with Gasteiger partial charge in [-0.05, 0) is 50.2 Å². The van der Waals surface area contributed by atoms with E-state index in [9.17, 15) is 9.59 Å². The average molecular weight is 482 g/mol. The molecular formula is C28H27N5O3. The van der Waals surface area contributed by atoms with Crippen LogP contribution >= 0.6 is 0 Å². The van der Waals surface area contributed by atoms with Crippen molar-refractivity contribution in [1.29, 1.82) is 0 Å². The van der Waals surface area contributed by atoms with E-state index >= 15 is 0 Å². The van der Waals surface area contributed by atoms with Gasteiger partial charge in [-0.15, -0.1) is 0 Å². The van der Waals surface area contributed by atoms with Crippen molar-refractivity contribution in [3.05, 3.63) is 107 Å². The monoisotopic (exact) mass is 481 g/mol. The van der Waals surface area contributed by atoms with Gasteiger partial charge in [-0.2, -0.15) is 0 Å². The topological polar surface area (TPSA) is 83.1 Å². The molecule has 0 radical (unpaired) electrons. The van der Waals surface area contributed by atoms with Crippen LogP contribution in [0.15, 0.2) is 89.7 Å². The van der Waals surface area contributed by atoms with Gasteiger partial charge in [0.2, 0.25) is 5.91 Å². The number of nitrogens with one attached hydrogen (secondary N) is 1. The molecule has 1 atom stereocenters. The largest absolute Gasteiger partial charge is 0.483 e. The van der Waals surface area contributed by atoms with Gasteiger partial charge in [0.05, 0.1) is 22.4 Å². The van der Waals surface area contributed by atoms with Gasteiger partial charge in [-0.25, -0.2) is 9.67 Å². The minimum absolute atomic E-state index is 0.0164. The van der Waals surface area contributed by atoms with Crippen LogP contribution in [0.4, 0.5) is 5.69 Å². The van der Waals surface area contributed by atoms with Crippen molar-refractivity contribution in [2.45, 2.75) is 26.5 Å². The summed E-state index contributed by atoms with van der Waals surface area (Å²) < 4.78 is 11.2. The third-order valence-corrected chi connectivity index (χ3v) is 6.22. The molecule has 182 valence electrons. The summed E-state index contributed by atoms with van der Waals surface area (Å²) in [5.74, 6) is 1.02. The second kappa shape index (κ2) is 9.58. The molecule has 0 bridgehead atoms. The first-order valence-electron chi connectivity index (χ1n) is 11.7. The van der Waals surface area contributed by atoms with Gasteiger partial charge in [0.25, 0.3) is 5.56 Å². The molecule has 5 rings (SSSR count). The van der Waals surface area contributed by atoms with Crippen molar-refractivity contribution in [3.63, 3.8) is 0 Å². The summed E-state index contributed by atoms with van der Waals surface area (Å²) in [6.45, 7) is 3.70. The number of amides is 1. The fourth-order valence-corrected chi connectivity index (χ4v) is 4.36. The van der Waals surface area contributed by atoms with Crippen LogP contribution in [0.2, 0.25) is 0 Å². The molecule has 1 unspecified atom stereocenters. The molecule has 0 fully saturated rings. The van der Waals surface area contributed by atoms with E-state index in [1.807, 2.05) is 103 Å². The van der Waals surface area contributed by atoms with E-state index in [0.717, 1.165) is 22.5 Å². The molecule has 8 heteroatoms. The van der Waals surface area contributed by atoms with Crippen LogP contribution in [0.25, 0.3) is 16.7 Å². The van der Waals surface area contributed by atoms with Crippen molar-refractivity contribution < 1.29 is 9.53 Å². The van der Waals surface area contributed by atoms with Gasteiger partial charge in [0.1, 0.15) is 18.0 Å². The van der Waals surface area contributed by atoms with Crippen LogP contribution in [0.3, 0.4) is 0 Å². The van der Waals surface area contributed by atoms with E-state index in [0.29, 0.717) is 11.5 Å². The Kier molecular flexibility index (Phi) is 6.16. The zero-order valence-electron chi connectivity index (χ0n) is 20.4. The van der Waals surface area contributed by atoms with E-state index in [4.69, 9.17) is 9.72 Å². The normalized spacial score (nSPS) is 12.0. The molecule has 8 nitrogen and oxygen atoms in total. The van der Waals surface area contributed by atoms with E-state index in [2.05, 4.69) is 5.32 Å². The highest BCUT2D eigenvalue weighted by atomic mass is 16.5. The van der Waals surface area contributed by atoms with Crippen molar-refractivity contribution in [2.75, 3.05) is 5.32 Å². The first-order chi connectivity index (χ1) is 17.4. The molecular weight excluding hydrogens is 454 g/mol. The Morgan fingerprint density at radius 3 is 2.33 bits per heavy atom. The minimum atomic E-state index is -0.402. The Morgan fingerprint density at radius 1 is 0.972 bits per heavy atom. The molecule has 0 spiro atoms. The summed E-state index contributed by atoms with van der Waals surface area (Å²) in [7, 11) is 1.80. The summed E-state index contributed by atoms with van der Waals surface area (Å²) in [6, 6.07) is 26.5. The summed E-state index contributed by atoms with van der Waals surface area (Å²) in [6.07, 6.45) is -0.402. The molecule has 0 aliphatic rings. The summed E-state index contributed by atoms with van der Waals surface area (Å²) >= 11 is 0. The van der Waals surface area contributed by atoms with Crippen molar-refractivity contribution in [3.8, 4) is 11.4 Å². The van der Waals surface area contributed by atoms with Crippen LogP contribution in [-0.4, -0.2) is 24.8 Å². The molecule has 2 aromatic heterocycles. The number of anilines is 1. The van der Waals surface area contributed by atoms with Gasteiger partial charge in [-0.3, -0.25) is 14.3 Å². The number of rotatable bonds is 7. The zero-order valence-corrected chi connectivity index (χ0v) is 20.4. The minimum Gasteiger partial charge on any atom is -0.483 e. The first kappa shape index (κ1) is 23.2. The molecule has 3 aromatic carbocycles. The van der Waals surface area contributed by atoms with Crippen molar-refractivity contribution >= 4 is 22.6 Å². The number of carbonyl (C=O) groups excluding carboxylic acids is 1. The second-order valence-electron chi connectivity index (χ2n) is 8.60. The quantitative estimate of drug-likeness (QED) is 0.368. The number of ether oxygens (including phenoxy) is 1. The van der Waals surface area contributed by atoms with Crippen LogP contribution in [0.1, 0.15) is 24.5 Å². The molecule has 0 saturated heterocycles. The predicted molar refractivity (Wildman–Crippen MR) is 140 cm³/mol. The summed E-state index contributed by atoms with van der Waals surface area (Å²) in [5, 5.41) is 2.85. The fraction of sp³-hybridized carbons (Fsp3) is 0.179. The highest BCUT2D eigenvalue weighted by Crippen LogP contribution is 2.25. The highest BCUT2D eigenvalue weighted by molar-refractivity contribution is 5.92. The number of imidazole rings is 1. The lowest BCUT2D eigenvalue weighted by Gasteiger charge is -2.16. The lowest BCUT2D eigenvalue weighted by atomic mass is 10.3. The second-order valence-corrected chi connectivity index (χ2v) is 8.60. The molecule has 0 aliphatic carbocycles. The maximum atomic E-state index is 13.3. The number of fused-ring (bicyclic) bond motifs is 1. The smallest absolute Gasteiger partial charge is 0.295 e. The van der Waals surface area contributed by atoms with Gasteiger partial charge in [0.15, 0.2) is 11.9 Å². The standard InChI is InChI=1S/C28H27N5O3/c1-19-26(28(35)33(31(19)3)21-12-6-4-7-13-21)30-25(34)18-32-24-17-11-10-16-23(24)29-27(32)20(2)36-22-14-8-5-9-15-22/h4-17,20H,18H2,1-3H3,(H,30,34). The van der Waals surface area contributed by atoms with Gasteiger partial charge in [0, 0.05) is 7.05 Å². The summed E-state index contributed by atoms with van der Waals surface area (Å²) in [5.41, 5.74) is 2.94. The SMILES string of the molecule is Cc1c(NC(=O)Cn2c(C(C)Oc3ccccc3)nc3ccccc32)c(=O)n(-c2ccccc2)n1C. The Bertz CT molecular complexity index is 1580.